The summed E-state index contributed by atoms with van der Waals surface area (Å²) in [6.45, 7) is 1.84. The number of aliphatic hydroxyl groups is 1. The van der Waals surface area contributed by atoms with Crippen molar-refractivity contribution in [3.8, 4) is 6.07 Å². The molecule has 1 aliphatic rings. The lowest BCUT2D eigenvalue weighted by atomic mass is 9.92. The normalized spacial score (nSPS) is 19.7. The van der Waals surface area contributed by atoms with E-state index in [1.807, 2.05) is 13.0 Å². The standard InChI is InChI=1S/C21H22ClN7O2/c1-11(27-19-14(9-23)18(24)25-10-26-19)20-28-16-4-2-3-15(22)17(16)21(31)29(20)12-5-7-13(30)8-6-12/h2-4,10-13,30H,5-8H2,1H3,(H3,24,25,26,27)/t11-,12?,13?/m0/s1. The van der Waals surface area contributed by atoms with Crippen LogP contribution in [0.5, 0.6) is 0 Å². The second-order valence-corrected chi connectivity index (χ2v) is 8.11. The van der Waals surface area contributed by atoms with E-state index in [0.717, 1.165) is 0 Å². The van der Waals surface area contributed by atoms with Crippen LogP contribution in [0.4, 0.5) is 11.6 Å². The van der Waals surface area contributed by atoms with Gasteiger partial charge in [-0.25, -0.2) is 15.0 Å². The molecule has 1 fully saturated rings. The molecule has 1 aromatic carbocycles. The Kier molecular flexibility index (Phi) is 5.76. The molecule has 1 saturated carbocycles. The lowest BCUT2D eigenvalue weighted by Crippen LogP contribution is -2.34. The number of benzene rings is 1. The maximum Gasteiger partial charge on any atom is 0.263 e. The molecule has 0 saturated heterocycles. The Bertz CT molecular complexity index is 1230. The Morgan fingerprint density at radius 2 is 2.06 bits per heavy atom. The van der Waals surface area contributed by atoms with Crippen molar-refractivity contribution in [3.63, 3.8) is 0 Å². The summed E-state index contributed by atoms with van der Waals surface area (Å²) >= 11 is 6.34. The average molecular weight is 440 g/mol. The van der Waals surface area contributed by atoms with Crippen LogP contribution in [0.25, 0.3) is 10.9 Å². The van der Waals surface area contributed by atoms with Crippen molar-refractivity contribution < 1.29 is 5.11 Å². The number of fused-ring (bicyclic) bond motifs is 1. The highest BCUT2D eigenvalue weighted by atomic mass is 35.5. The predicted octanol–water partition coefficient (Wildman–Crippen LogP) is 2.94. The Labute approximate surface area is 183 Å². The molecule has 10 heteroatoms. The zero-order chi connectivity index (χ0) is 22.1. The number of halogens is 1. The third-order valence-corrected chi connectivity index (χ3v) is 5.98. The second kappa shape index (κ2) is 8.49. The Morgan fingerprint density at radius 3 is 2.77 bits per heavy atom. The fraction of sp³-hybridized carbons (Fsp3) is 0.381. The largest absolute Gasteiger partial charge is 0.393 e. The van der Waals surface area contributed by atoms with E-state index in [2.05, 4.69) is 15.3 Å². The van der Waals surface area contributed by atoms with Crippen molar-refractivity contribution in [3.05, 3.63) is 51.3 Å². The molecular formula is C21H22ClN7O2. The number of hydrogen-bond donors (Lipinski definition) is 3. The molecule has 0 radical (unpaired) electrons. The van der Waals surface area contributed by atoms with Crippen molar-refractivity contribution in [2.45, 2.75) is 50.8 Å². The molecule has 4 N–H and O–H groups in total. The van der Waals surface area contributed by atoms with Gasteiger partial charge >= 0.3 is 0 Å². The van der Waals surface area contributed by atoms with Gasteiger partial charge in [0.15, 0.2) is 0 Å². The van der Waals surface area contributed by atoms with Crippen molar-refractivity contribution >= 4 is 34.1 Å². The number of aromatic nitrogens is 4. The Hall–Kier alpha value is -3.22. The lowest BCUT2D eigenvalue weighted by molar-refractivity contribution is 0.109. The van der Waals surface area contributed by atoms with Crippen LogP contribution < -0.4 is 16.6 Å². The van der Waals surface area contributed by atoms with Crippen molar-refractivity contribution in [1.82, 2.24) is 19.5 Å². The summed E-state index contributed by atoms with van der Waals surface area (Å²) in [6.07, 6.45) is 3.45. The molecule has 9 nitrogen and oxygen atoms in total. The predicted molar refractivity (Wildman–Crippen MR) is 118 cm³/mol. The smallest absolute Gasteiger partial charge is 0.263 e. The first kappa shape index (κ1) is 21.0. The molecule has 160 valence electrons. The number of nitrogen functional groups attached to an aromatic ring is 1. The van der Waals surface area contributed by atoms with Gasteiger partial charge in [0.1, 0.15) is 35.4 Å². The summed E-state index contributed by atoms with van der Waals surface area (Å²) < 4.78 is 1.67. The van der Waals surface area contributed by atoms with E-state index in [1.165, 1.54) is 6.33 Å². The molecule has 0 unspecified atom stereocenters. The van der Waals surface area contributed by atoms with E-state index in [1.54, 1.807) is 22.8 Å². The average Bonchev–Trinajstić information content (AvgIpc) is 2.74. The third kappa shape index (κ3) is 3.92. The maximum absolute atomic E-state index is 13.5. The first-order valence-electron chi connectivity index (χ1n) is 10.1. The van der Waals surface area contributed by atoms with E-state index in [0.29, 0.717) is 47.4 Å². The fourth-order valence-electron chi connectivity index (χ4n) is 4.08. The highest BCUT2D eigenvalue weighted by Gasteiger charge is 2.28. The molecule has 2 heterocycles. The van der Waals surface area contributed by atoms with Crippen LogP contribution in [0, 0.1) is 11.3 Å². The first-order valence-corrected chi connectivity index (χ1v) is 10.4. The summed E-state index contributed by atoms with van der Waals surface area (Å²) in [6, 6.07) is 6.59. The number of aliphatic hydroxyl groups excluding tert-OH is 1. The van der Waals surface area contributed by atoms with Gasteiger partial charge in [-0.15, -0.1) is 0 Å². The quantitative estimate of drug-likeness (QED) is 0.563. The van der Waals surface area contributed by atoms with E-state index in [-0.39, 0.29) is 34.9 Å². The number of nitrogens with one attached hydrogen (secondary N) is 1. The van der Waals surface area contributed by atoms with Crippen LogP contribution in [0.15, 0.2) is 29.3 Å². The molecule has 0 aliphatic heterocycles. The van der Waals surface area contributed by atoms with Crippen LogP contribution in [0.2, 0.25) is 5.02 Å². The van der Waals surface area contributed by atoms with Gasteiger partial charge in [-0.3, -0.25) is 9.36 Å². The highest BCUT2D eigenvalue weighted by Crippen LogP contribution is 2.32. The number of nitriles is 1. The highest BCUT2D eigenvalue weighted by molar-refractivity contribution is 6.35. The molecule has 4 rings (SSSR count). The van der Waals surface area contributed by atoms with Gasteiger partial charge in [0.2, 0.25) is 0 Å². The molecule has 0 amide bonds. The van der Waals surface area contributed by atoms with Crippen LogP contribution in [0.1, 0.15) is 56.1 Å². The number of nitrogens with zero attached hydrogens (tertiary/aromatic N) is 5. The van der Waals surface area contributed by atoms with E-state index in [9.17, 15) is 15.2 Å². The molecule has 1 aliphatic carbocycles. The van der Waals surface area contributed by atoms with Crippen LogP contribution in [-0.2, 0) is 0 Å². The Morgan fingerprint density at radius 1 is 1.32 bits per heavy atom. The number of hydrogen-bond acceptors (Lipinski definition) is 8. The van der Waals surface area contributed by atoms with E-state index >= 15 is 0 Å². The van der Waals surface area contributed by atoms with Crippen LogP contribution >= 0.6 is 11.6 Å². The van der Waals surface area contributed by atoms with Gasteiger partial charge in [0.05, 0.1) is 28.1 Å². The monoisotopic (exact) mass is 439 g/mol. The third-order valence-electron chi connectivity index (χ3n) is 5.67. The zero-order valence-electron chi connectivity index (χ0n) is 16.9. The molecule has 0 spiro atoms. The molecule has 2 aromatic heterocycles. The first-order chi connectivity index (χ1) is 14.9. The molecule has 31 heavy (non-hydrogen) atoms. The molecule has 3 aromatic rings. The summed E-state index contributed by atoms with van der Waals surface area (Å²) in [5.74, 6) is 0.847. The summed E-state index contributed by atoms with van der Waals surface area (Å²) in [4.78, 5) is 26.3. The van der Waals surface area contributed by atoms with Crippen LogP contribution in [0.3, 0.4) is 0 Å². The lowest BCUT2D eigenvalue weighted by Gasteiger charge is -2.30. The molecule has 1 atom stereocenters. The van der Waals surface area contributed by atoms with Gasteiger partial charge in [-0.1, -0.05) is 17.7 Å². The summed E-state index contributed by atoms with van der Waals surface area (Å²) in [7, 11) is 0. The second-order valence-electron chi connectivity index (χ2n) is 7.70. The molecule has 0 bridgehead atoms. The minimum Gasteiger partial charge on any atom is -0.393 e. The van der Waals surface area contributed by atoms with Gasteiger partial charge in [0.25, 0.3) is 5.56 Å². The fourth-order valence-corrected chi connectivity index (χ4v) is 4.33. The minimum atomic E-state index is -0.468. The zero-order valence-corrected chi connectivity index (χ0v) is 17.7. The Balaban J connectivity index is 1.84. The van der Waals surface area contributed by atoms with Gasteiger partial charge < -0.3 is 16.2 Å². The van der Waals surface area contributed by atoms with Gasteiger partial charge in [-0.05, 0) is 44.7 Å². The van der Waals surface area contributed by atoms with Gasteiger partial charge in [0, 0.05) is 6.04 Å². The minimum absolute atomic E-state index is 0.0733. The topological polar surface area (TPSA) is 143 Å². The number of rotatable bonds is 4. The maximum atomic E-state index is 13.5. The SMILES string of the molecule is C[C@H](Nc1ncnc(N)c1C#N)c1nc2cccc(Cl)c2c(=O)n1C1CCC(O)CC1. The number of anilines is 2. The number of nitrogens with two attached hydrogens (primary N) is 1. The van der Waals surface area contributed by atoms with Crippen LogP contribution in [-0.4, -0.2) is 30.7 Å². The van der Waals surface area contributed by atoms with Crippen molar-refractivity contribution in [2.75, 3.05) is 11.1 Å². The van der Waals surface area contributed by atoms with E-state index < -0.39 is 6.04 Å². The summed E-state index contributed by atoms with van der Waals surface area (Å²) in [5.41, 5.74) is 6.21. The van der Waals surface area contributed by atoms with Crippen molar-refractivity contribution in [1.29, 1.82) is 5.26 Å². The molecular weight excluding hydrogens is 418 g/mol. The van der Waals surface area contributed by atoms with Gasteiger partial charge in [-0.2, -0.15) is 5.26 Å². The van der Waals surface area contributed by atoms with Crippen molar-refractivity contribution in [2.24, 2.45) is 0 Å². The van der Waals surface area contributed by atoms with E-state index in [4.69, 9.17) is 22.3 Å². The summed E-state index contributed by atoms with van der Waals surface area (Å²) in [5, 5.41) is 23.2.